The highest BCUT2D eigenvalue weighted by molar-refractivity contribution is 7.09. The SMILES string of the molecule is CC(C)Cc1nncs1. The lowest BCUT2D eigenvalue weighted by Crippen LogP contribution is -1.92. The van der Waals surface area contributed by atoms with Gasteiger partial charge in [0.1, 0.15) is 10.5 Å². The zero-order valence-electron chi connectivity index (χ0n) is 5.66. The molecule has 0 atom stereocenters. The molecule has 0 bridgehead atoms. The zero-order chi connectivity index (χ0) is 6.69. The minimum absolute atomic E-state index is 0.693. The van der Waals surface area contributed by atoms with Crippen LogP contribution in [0.2, 0.25) is 0 Å². The number of hydrogen-bond acceptors (Lipinski definition) is 3. The van der Waals surface area contributed by atoms with Gasteiger partial charge in [0, 0.05) is 6.42 Å². The molecule has 2 nitrogen and oxygen atoms in total. The van der Waals surface area contributed by atoms with Crippen LogP contribution in [0.5, 0.6) is 0 Å². The van der Waals surface area contributed by atoms with Gasteiger partial charge < -0.3 is 0 Å². The summed E-state index contributed by atoms with van der Waals surface area (Å²) in [7, 11) is 0. The van der Waals surface area contributed by atoms with E-state index >= 15 is 0 Å². The Labute approximate surface area is 58.9 Å². The maximum Gasteiger partial charge on any atom is 0.117 e. The Morgan fingerprint density at radius 3 is 2.89 bits per heavy atom. The first-order valence-corrected chi connectivity index (χ1v) is 3.92. The molecule has 3 heteroatoms. The number of rotatable bonds is 2. The van der Waals surface area contributed by atoms with E-state index in [9.17, 15) is 0 Å². The second-order valence-corrected chi connectivity index (χ2v) is 3.35. The van der Waals surface area contributed by atoms with Crippen molar-refractivity contribution in [3.8, 4) is 0 Å². The first-order chi connectivity index (χ1) is 4.29. The quantitative estimate of drug-likeness (QED) is 0.628. The summed E-state index contributed by atoms with van der Waals surface area (Å²) in [5.74, 6) is 0.693. The highest BCUT2D eigenvalue weighted by Gasteiger charge is 1.98. The van der Waals surface area contributed by atoms with Crippen LogP contribution < -0.4 is 0 Å². The molecular formula is C6H10N2S. The van der Waals surface area contributed by atoms with Crippen LogP contribution in [0.25, 0.3) is 0 Å². The average Bonchev–Trinajstić information content (AvgIpc) is 2.15. The molecule has 0 aromatic carbocycles. The van der Waals surface area contributed by atoms with Crippen LogP contribution in [0.3, 0.4) is 0 Å². The summed E-state index contributed by atoms with van der Waals surface area (Å²) in [5, 5.41) is 8.81. The molecule has 0 aliphatic carbocycles. The van der Waals surface area contributed by atoms with E-state index in [4.69, 9.17) is 0 Å². The first-order valence-electron chi connectivity index (χ1n) is 3.04. The zero-order valence-corrected chi connectivity index (χ0v) is 6.48. The average molecular weight is 142 g/mol. The summed E-state index contributed by atoms with van der Waals surface area (Å²) >= 11 is 1.63. The maximum atomic E-state index is 3.92. The Bertz CT molecular complexity index is 158. The molecule has 1 rings (SSSR count). The Balaban J connectivity index is 2.48. The van der Waals surface area contributed by atoms with Gasteiger partial charge in [-0.3, -0.25) is 0 Å². The smallest absolute Gasteiger partial charge is 0.117 e. The van der Waals surface area contributed by atoms with Crippen LogP contribution in [0.15, 0.2) is 5.51 Å². The Hall–Kier alpha value is -0.440. The van der Waals surface area contributed by atoms with E-state index in [1.54, 1.807) is 16.8 Å². The molecule has 50 valence electrons. The summed E-state index contributed by atoms with van der Waals surface area (Å²) < 4.78 is 0. The molecule has 9 heavy (non-hydrogen) atoms. The lowest BCUT2D eigenvalue weighted by molar-refractivity contribution is 0.640. The van der Waals surface area contributed by atoms with Crippen LogP contribution >= 0.6 is 11.3 Å². The Morgan fingerprint density at radius 2 is 2.44 bits per heavy atom. The van der Waals surface area contributed by atoms with Crippen LogP contribution in [0.4, 0.5) is 0 Å². The highest BCUT2D eigenvalue weighted by Crippen LogP contribution is 2.07. The second kappa shape index (κ2) is 2.92. The van der Waals surface area contributed by atoms with Crippen LogP contribution in [0, 0.1) is 5.92 Å². The van der Waals surface area contributed by atoms with Crippen molar-refractivity contribution in [1.82, 2.24) is 10.2 Å². The van der Waals surface area contributed by atoms with Gasteiger partial charge in [-0.2, -0.15) is 0 Å². The predicted molar refractivity (Wildman–Crippen MR) is 38.5 cm³/mol. The molecule has 0 aliphatic rings. The third-order valence-electron chi connectivity index (χ3n) is 0.988. The fourth-order valence-corrected chi connectivity index (χ4v) is 1.37. The lowest BCUT2D eigenvalue weighted by Gasteiger charge is -1.96. The maximum absolute atomic E-state index is 3.92. The van der Waals surface area contributed by atoms with Gasteiger partial charge in [0.2, 0.25) is 0 Å². The molecule has 0 aliphatic heterocycles. The molecule has 1 aromatic heterocycles. The summed E-state index contributed by atoms with van der Waals surface area (Å²) in [5.41, 5.74) is 1.78. The topological polar surface area (TPSA) is 25.8 Å². The molecule has 0 saturated carbocycles. The van der Waals surface area contributed by atoms with Crippen molar-refractivity contribution in [1.29, 1.82) is 0 Å². The van der Waals surface area contributed by atoms with Gasteiger partial charge in [0.25, 0.3) is 0 Å². The summed E-state index contributed by atoms with van der Waals surface area (Å²) in [6, 6.07) is 0. The molecule has 0 unspecified atom stereocenters. The van der Waals surface area contributed by atoms with E-state index in [1.165, 1.54) is 0 Å². The summed E-state index contributed by atoms with van der Waals surface area (Å²) in [6.45, 7) is 4.36. The highest BCUT2D eigenvalue weighted by atomic mass is 32.1. The van der Waals surface area contributed by atoms with Gasteiger partial charge in [-0.1, -0.05) is 13.8 Å². The Morgan fingerprint density at radius 1 is 1.67 bits per heavy atom. The minimum Gasteiger partial charge on any atom is -0.147 e. The van der Waals surface area contributed by atoms with Gasteiger partial charge in [-0.05, 0) is 5.92 Å². The fourth-order valence-electron chi connectivity index (χ4n) is 0.634. The van der Waals surface area contributed by atoms with Gasteiger partial charge in [-0.25, -0.2) is 0 Å². The van der Waals surface area contributed by atoms with Crippen LogP contribution in [-0.2, 0) is 6.42 Å². The van der Waals surface area contributed by atoms with E-state index < -0.39 is 0 Å². The van der Waals surface area contributed by atoms with Crippen molar-refractivity contribution in [2.24, 2.45) is 5.92 Å². The van der Waals surface area contributed by atoms with E-state index in [0.29, 0.717) is 5.92 Å². The third kappa shape index (κ3) is 2.10. The van der Waals surface area contributed by atoms with Gasteiger partial charge in [-0.15, -0.1) is 21.5 Å². The van der Waals surface area contributed by atoms with Crippen molar-refractivity contribution in [3.05, 3.63) is 10.5 Å². The summed E-state index contributed by atoms with van der Waals surface area (Å²) in [6.07, 6.45) is 1.06. The molecule has 1 aromatic rings. The van der Waals surface area contributed by atoms with Crippen LogP contribution in [0.1, 0.15) is 18.9 Å². The minimum atomic E-state index is 0.693. The summed E-state index contributed by atoms with van der Waals surface area (Å²) in [4.78, 5) is 0. The Kier molecular flexibility index (Phi) is 2.16. The molecule has 1 heterocycles. The molecule has 0 saturated heterocycles. The fraction of sp³-hybridized carbons (Fsp3) is 0.667. The largest absolute Gasteiger partial charge is 0.147 e. The van der Waals surface area contributed by atoms with Gasteiger partial charge in [0.15, 0.2) is 0 Å². The molecule has 0 amide bonds. The number of aromatic nitrogens is 2. The first kappa shape index (κ1) is 6.68. The molecule has 0 spiro atoms. The van der Waals surface area contributed by atoms with Crippen molar-refractivity contribution >= 4 is 11.3 Å². The number of hydrogen-bond donors (Lipinski definition) is 0. The van der Waals surface area contributed by atoms with Crippen molar-refractivity contribution in [2.45, 2.75) is 20.3 Å². The lowest BCUT2D eigenvalue weighted by atomic mass is 10.1. The normalized spacial score (nSPS) is 10.6. The van der Waals surface area contributed by atoms with Crippen molar-refractivity contribution < 1.29 is 0 Å². The van der Waals surface area contributed by atoms with Gasteiger partial charge in [0.05, 0.1) is 0 Å². The van der Waals surface area contributed by atoms with Gasteiger partial charge >= 0.3 is 0 Å². The second-order valence-electron chi connectivity index (χ2n) is 2.43. The molecule has 0 radical (unpaired) electrons. The van der Waals surface area contributed by atoms with E-state index in [2.05, 4.69) is 24.0 Å². The predicted octanol–water partition coefficient (Wildman–Crippen LogP) is 1.74. The van der Waals surface area contributed by atoms with E-state index in [-0.39, 0.29) is 0 Å². The van der Waals surface area contributed by atoms with Crippen molar-refractivity contribution in [2.75, 3.05) is 0 Å². The van der Waals surface area contributed by atoms with E-state index in [0.717, 1.165) is 11.4 Å². The van der Waals surface area contributed by atoms with E-state index in [1.807, 2.05) is 0 Å². The monoisotopic (exact) mass is 142 g/mol. The van der Waals surface area contributed by atoms with Crippen molar-refractivity contribution in [3.63, 3.8) is 0 Å². The molecule has 0 fully saturated rings. The number of nitrogens with zero attached hydrogens (tertiary/aromatic N) is 2. The van der Waals surface area contributed by atoms with Crippen LogP contribution in [-0.4, -0.2) is 10.2 Å². The molecular weight excluding hydrogens is 132 g/mol. The third-order valence-corrected chi connectivity index (χ3v) is 1.71. The standard InChI is InChI=1S/C6H10N2S/c1-5(2)3-6-8-7-4-9-6/h4-5H,3H2,1-2H3. The molecule has 0 N–H and O–H groups in total.